The molecule has 3 aromatic rings. The molecule has 0 unspecified atom stereocenters. The molecule has 0 spiro atoms. The standard InChI is InChI=1S/C18H13F3N6O2/c19-18(20,21)29-14-5-2-1-4-11(14)12-7-8-16-22-10-13(27(16)26-12)17(28)24-15-6-3-9-23-25-15/h1-10,23,25H,(H,24,28). The van der Waals surface area contributed by atoms with Crippen molar-refractivity contribution in [1.29, 1.82) is 0 Å². The Bertz CT molecular complexity index is 1140. The number of rotatable bonds is 4. The molecular formula is C18H13F3N6O2. The van der Waals surface area contributed by atoms with Crippen molar-refractivity contribution in [3.63, 3.8) is 0 Å². The van der Waals surface area contributed by atoms with E-state index in [1.807, 2.05) is 0 Å². The smallest absolute Gasteiger partial charge is 0.405 e. The fourth-order valence-electron chi connectivity index (χ4n) is 2.68. The lowest BCUT2D eigenvalue weighted by Gasteiger charge is -2.14. The number of fused-ring (bicyclic) bond motifs is 1. The van der Waals surface area contributed by atoms with Crippen LogP contribution in [0.4, 0.5) is 13.2 Å². The average molecular weight is 402 g/mol. The zero-order valence-corrected chi connectivity index (χ0v) is 14.6. The van der Waals surface area contributed by atoms with E-state index in [2.05, 4.69) is 31.0 Å². The van der Waals surface area contributed by atoms with Crippen LogP contribution < -0.4 is 20.9 Å². The Morgan fingerprint density at radius 1 is 1.17 bits per heavy atom. The van der Waals surface area contributed by atoms with E-state index in [9.17, 15) is 18.0 Å². The van der Waals surface area contributed by atoms with E-state index in [4.69, 9.17) is 0 Å². The third-order valence-electron chi connectivity index (χ3n) is 3.88. The highest BCUT2D eigenvalue weighted by atomic mass is 19.4. The van der Waals surface area contributed by atoms with Gasteiger partial charge in [-0.15, -0.1) is 13.2 Å². The summed E-state index contributed by atoms with van der Waals surface area (Å²) in [5, 5.41) is 6.92. The quantitative estimate of drug-likeness (QED) is 0.621. The van der Waals surface area contributed by atoms with Gasteiger partial charge in [-0.25, -0.2) is 9.50 Å². The van der Waals surface area contributed by atoms with Gasteiger partial charge in [-0.2, -0.15) is 5.10 Å². The number of nitrogens with zero attached hydrogens (tertiary/aromatic N) is 3. The predicted molar refractivity (Wildman–Crippen MR) is 96.1 cm³/mol. The number of amides is 1. The van der Waals surface area contributed by atoms with Crippen LogP contribution in [0.2, 0.25) is 0 Å². The molecule has 8 nitrogen and oxygen atoms in total. The molecule has 0 atom stereocenters. The number of hydrogen-bond acceptors (Lipinski definition) is 6. The lowest BCUT2D eigenvalue weighted by Crippen LogP contribution is -2.38. The van der Waals surface area contributed by atoms with Gasteiger partial charge in [0.2, 0.25) is 0 Å². The van der Waals surface area contributed by atoms with Crippen LogP contribution in [0, 0.1) is 0 Å². The van der Waals surface area contributed by atoms with Crippen molar-refractivity contribution in [2.45, 2.75) is 6.36 Å². The number of nitrogens with one attached hydrogen (secondary N) is 3. The van der Waals surface area contributed by atoms with Crippen LogP contribution in [0.5, 0.6) is 5.75 Å². The lowest BCUT2D eigenvalue weighted by molar-refractivity contribution is -0.274. The van der Waals surface area contributed by atoms with Crippen LogP contribution in [0.25, 0.3) is 16.9 Å². The summed E-state index contributed by atoms with van der Waals surface area (Å²) in [4.78, 5) is 16.7. The van der Waals surface area contributed by atoms with E-state index < -0.39 is 18.0 Å². The normalized spacial score (nSPS) is 13.4. The Morgan fingerprint density at radius 3 is 2.76 bits per heavy atom. The number of benzene rings is 1. The second-order valence-corrected chi connectivity index (χ2v) is 5.84. The summed E-state index contributed by atoms with van der Waals surface area (Å²) in [5.41, 5.74) is 6.24. The first-order chi connectivity index (χ1) is 13.9. The Hall–Kier alpha value is -4.02. The number of halogens is 3. The molecule has 3 heterocycles. The molecule has 3 N–H and O–H groups in total. The zero-order valence-electron chi connectivity index (χ0n) is 14.6. The van der Waals surface area contributed by atoms with Crippen molar-refractivity contribution in [3.05, 3.63) is 72.5 Å². The van der Waals surface area contributed by atoms with E-state index in [0.717, 1.165) is 0 Å². The Labute approximate surface area is 161 Å². The minimum Gasteiger partial charge on any atom is -0.405 e. The minimum absolute atomic E-state index is 0.105. The first-order valence-electron chi connectivity index (χ1n) is 8.30. The van der Waals surface area contributed by atoms with Crippen molar-refractivity contribution < 1.29 is 22.7 Å². The summed E-state index contributed by atoms with van der Waals surface area (Å²) >= 11 is 0. The molecule has 1 aromatic carbocycles. The molecule has 148 valence electrons. The van der Waals surface area contributed by atoms with Gasteiger partial charge in [-0.05, 0) is 36.4 Å². The van der Waals surface area contributed by atoms with E-state index in [1.165, 1.54) is 35.0 Å². The third kappa shape index (κ3) is 3.98. The third-order valence-corrected chi connectivity index (χ3v) is 3.88. The number of carbonyl (C=O) groups is 1. The second kappa shape index (κ2) is 7.19. The largest absolute Gasteiger partial charge is 0.573 e. The minimum atomic E-state index is -4.84. The fourth-order valence-corrected chi connectivity index (χ4v) is 2.68. The maximum atomic E-state index is 12.7. The van der Waals surface area contributed by atoms with Crippen LogP contribution >= 0.6 is 0 Å². The Balaban J connectivity index is 1.70. The Kier molecular flexibility index (Phi) is 4.55. The number of ether oxygens (including phenoxy) is 1. The lowest BCUT2D eigenvalue weighted by atomic mass is 10.1. The number of allylic oxidation sites excluding steroid dienone is 2. The van der Waals surface area contributed by atoms with Gasteiger partial charge in [0, 0.05) is 11.8 Å². The van der Waals surface area contributed by atoms with Gasteiger partial charge in [0.25, 0.3) is 5.91 Å². The monoisotopic (exact) mass is 402 g/mol. The van der Waals surface area contributed by atoms with Gasteiger partial charge in [-0.3, -0.25) is 10.2 Å². The summed E-state index contributed by atoms with van der Waals surface area (Å²) in [6, 6.07) is 8.67. The van der Waals surface area contributed by atoms with E-state index in [-0.39, 0.29) is 17.0 Å². The molecule has 4 rings (SSSR count). The summed E-state index contributed by atoms with van der Waals surface area (Å²) in [6.07, 6.45) is 1.45. The number of carbonyl (C=O) groups excluding carboxylic acids is 1. The maximum absolute atomic E-state index is 12.7. The van der Waals surface area contributed by atoms with Gasteiger partial charge in [0.15, 0.2) is 11.3 Å². The van der Waals surface area contributed by atoms with E-state index >= 15 is 0 Å². The highest BCUT2D eigenvalue weighted by Gasteiger charge is 2.32. The van der Waals surface area contributed by atoms with Gasteiger partial charge < -0.3 is 15.5 Å². The number of hydrogen-bond donors (Lipinski definition) is 3. The van der Waals surface area contributed by atoms with Crippen LogP contribution in [-0.4, -0.2) is 26.9 Å². The number of alkyl halides is 3. The van der Waals surface area contributed by atoms with Crippen molar-refractivity contribution in [3.8, 4) is 17.0 Å². The second-order valence-electron chi connectivity index (χ2n) is 5.84. The van der Waals surface area contributed by atoms with Crippen LogP contribution in [0.15, 0.2) is 66.8 Å². The molecule has 2 aromatic heterocycles. The first-order valence-corrected chi connectivity index (χ1v) is 8.30. The van der Waals surface area contributed by atoms with Crippen molar-refractivity contribution >= 4 is 11.6 Å². The average Bonchev–Trinajstić information content (AvgIpc) is 3.11. The molecule has 0 saturated carbocycles. The number of aromatic nitrogens is 3. The molecule has 1 amide bonds. The van der Waals surface area contributed by atoms with Gasteiger partial charge >= 0.3 is 6.36 Å². The molecule has 0 bridgehead atoms. The molecule has 0 fully saturated rings. The van der Waals surface area contributed by atoms with Crippen LogP contribution in [0.1, 0.15) is 10.5 Å². The molecule has 29 heavy (non-hydrogen) atoms. The molecule has 0 aliphatic carbocycles. The summed E-state index contributed by atoms with van der Waals surface area (Å²) in [5.74, 6) is -0.488. The zero-order chi connectivity index (χ0) is 20.4. The van der Waals surface area contributed by atoms with Crippen molar-refractivity contribution in [2.75, 3.05) is 0 Å². The Morgan fingerprint density at radius 2 is 2.00 bits per heavy atom. The number of para-hydroxylation sites is 1. The molecule has 1 aliphatic rings. The highest BCUT2D eigenvalue weighted by molar-refractivity contribution is 5.94. The van der Waals surface area contributed by atoms with E-state index in [0.29, 0.717) is 11.5 Å². The van der Waals surface area contributed by atoms with Gasteiger partial charge in [0.05, 0.1) is 11.9 Å². The maximum Gasteiger partial charge on any atom is 0.573 e. The molecule has 0 saturated heterocycles. The van der Waals surface area contributed by atoms with E-state index in [1.54, 1.807) is 30.5 Å². The predicted octanol–water partition coefficient (Wildman–Crippen LogP) is 2.49. The fraction of sp³-hybridized carbons (Fsp3) is 0.0556. The SMILES string of the molecule is O=C(NC1=CC=CNN1)c1cnc2ccc(-c3ccccc3OC(F)(F)F)nn12. The van der Waals surface area contributed by atoms with Crippen LogP contribution in [0.3, 0.4) is 0 Å². The van der Waals surface area contributed by atoms with Gasteiger partial charge in [-0.1, -0.05) is 12.1 Å². The molecular weight excluding hydrogens is 389 g/mol. The summed E-state index contributed by atoms with van der Waals surface area (Å²) in [6.45, 7) is 0. The van der Waals surface area contributed by atoms with Crippen molar-refractivity contribution in [2.24, 2.45) is 0 Å². The first kappa shape index (κ1) is 18.3. The molecule has 0 radical (unpaired) electrons. The molecule has 11 heteroatoms. The molecule has 1 aliphatic heterocycles. The highest BCUT2D eigenvalue weighted by Crippen LogP contribution is 2.32. The van der Waals surface area contributed by atoms with Crippen molar-refractivity contribution in [1.82, 2.24) is 30.8 Å². The van der Waals surface area contributed by atoms with Gasteiger partial charge in [0.1, 0.15) is 11.6 Å². The van der Waals surface area contributed by atoms with Crippen LogP contribution in [-0.2, 0) is 0 Å². The topological polar surface area (TPSA) is 92.6 Å². The summed E-state index contributed by atoms with van der Waals surface area (Å²) in [7, 11) is 0. The number of hydrazine groups is 1. The summed E-state index contributed by atoms with van der Waals surface area (Å²) < 4.78 is 43.4. The number of imidazole rings is 1.